The number of rotatable bonds is 4. The third kappa shape index (κ3) is 3.49. The van der Waals surface area contributed by atoms with Crippen molar-refractivity contribution in [3.63, 3.8) is 0 Å². The second-order valence-electron chi connectivity index (χ2n) is 8.32. The predicted octanol–water partition coefficient (Wildman–Crippen LogP) is 4.88. The monoisotopic (exact) mass is 417 g/mol. The molecule has 5 rings (SSSR count). The standard InChI is InChI=1S/C24H27N5S/c1-17-12-13-21(26-16-17)28-15-7-11-20(28)23-22(19-10-5-6-14-25-19)27-24(30)29(23)18-8-3-2-4-9-18/h5-7,10-16,18,22-23H,2-4,8-9H2,1H3,(H,27,30)/t22-,23+/m0/s1. The number of aryl methyl sites for hydroxylation is 1. The third-order valence-electron chi connectivity index (χ3n) is 6.33. The molecule has 1 saturated heterocycles. The zero-order valence-corrected chi connectivity index (χ0v) is 18.1. The maximum absolute atomic E-state index is 5.89. The van der Waals surface area contributed by atoms with E-state index < -0.39 is 0 Å². The van der Waals surface area contributed by atoms with Crippen LogP contribution in [0.4, 0.5) is 0 Å². The molecule has 0 unspecified atom stereocenters. The van der Waals surface area contributed by atoms with Crippen LogP contribution in [0.15, 0.2) is 61.1 Å². The first-order valence-corrected chi connectivity index (χ1v) is 11.2. The SMILES string of the molecule is Cc1ccc(-n2cccc2[C@@H]2[C@H](c3ccccn3)NC(=S)N2C2CCCCC2)nc1. The fourth-order valence-electron chi connectivity index (χ4n) is 4.88. The highest BCUT2D eigenvalue weighted by Crippen LogP contribution is 2.42. The number of pyridine rings is 2. The molecule has 2 fully saturated rings. The Morgan fingerprint density at radius 3 is 2.60 bits per heavy atom. The van der Waals surface area contributed by atoms with Crippen molar-refractivity contribution in [3.05, 3.63) is 78.0 Å². The predicted molar refractivity (Wildman–Crippen MR) is 122 cm³/mol. The first-order valence-electron chi connectivity index (χ1n) is 10.8. The summed E-state index contributed by atoms with van der Waals surface area (Å²) in [6, 6.07) is 15.2. The Kier molecular flexibility index (Phi) is 5.25. The fraction of sp³-hybridized carbons (Fsp3) is 0.375. The minimum absolute atomic E-state index is 0.0136. The van der Waals surface area contributed by atoms with Crippen LogP contribution in [0.5, 0.6) is 0 Å². The maximum Gasteiger partial charge on any atom is 0.170 e. The van der Waals surface area contributed by atoms with E-state index in [1.165, 1.54) is 37.8 Å². The van der Waals surface area contributed by atoms with E-state index in [1.807, 2.05) is 24.5 Å². The van der Waals surface area contributed by atoms with Gasteiger partial charge in [0, 0.05) is 30.3 Å². The van der Waals surface area contributed by atoms with Gasteiger partial charge in [0.15, 0.2) is 5.11 Å². The van der Waals surface area contributed by atoms with Gasteiger partial charge in [-0.3, -0.25) is 4.98 Å². The molecule has 3 aromatic heterocycles. The summed E-state index contributed by atoms with van der Waals surface area (Å²) in [5.41, 5.74) is 3.37. The Hall–Kier alpha value is -2.73. The van der Waals surface area contributed by atoms with E-state index in [2.05, 4.69) is 68.2 Å². The van der Waals surface area contributed by atoms with E-state index in [0.717, 1.165) is 22.2 Å². The van der Waals surface area contributed by atoms with Crippen molar-refractivity contribution in [2.75, 3.05) is 0 Å². The van der Waals surface area contributed by atoms with Crippen LogP contribution in [0, 0.1) is 6.92 Å². The van der Waals surface area contributed by atoms with Crippen LogP contribution in [0.25, 0.3) is 5.82 Å². The molecule has 0 radical (unpaired) electrons. The summed E-state index contributed by atoms with van der Waals surface area (Å²) < 4.78 is 2.20. The number of aromatic nitrogens is 3. The van der Waals surface area contributed by atoms with Gasteiger partial charge in [0.2, 0.25) is 0 Å². The second kappa shape index (κ2) is 8.19. The lowest BCUT2D eigenvalue weighted by molar-refractivity contribution is 0.193. The maximum atomic E-state index is 5.89. The van der Waals surface area contributed by atoms with Crippen LogP contribution in [-0.2, 0) is 0 Å². The molecule has 30 heavy (non-hydrogen) atoms. The van der Waals surface area contributed by atoms with Crippen LogP contribution in [-0.4, -0.2) is 30.6 Å². The largest absolute Gasteiger partial charge is 0.352 e. The molecular formula is C24H27N5S. The van der Waals surface area contributed by atoms with E-state index in [1.54, 1.807) is 0 Å². The zero-order valence-electron chi connectivity index (χ0n) is 17.2. The topological polar surface area (TPSA) is 46.0 Å². The van der Waals surface area contributed by atoms with Crippen molar-refractivity contribution in [1.29, 1.82) is 0 Å². The van der Waals surface area contributed by atoms with Crippen LogP contribution < -0.4 is 5.32 Å². The fourth-order valence-corrected chi connectivity index (χ4v) is 5.27. The summed E-state index contributed by atoms with van der Waals surface area (Å²) in [6.45, 7) is 2.06. The summed E-state index contributed by atoms with van der Waals surface area (Å²) in [6.07, 6.45) is 12.1. The van der Waals surface area contributed by atoms with E-state index in [9.17, 15) is 0 Å². The lowest BCUT2D eigenvalue weighted by atomic mass is 9.92. The first kappa shape index (κ1) is 19.2. The van der Waals surface area contributed by atoms with Gasteiger partial charge < -0.3 is 14.8 Å². The quantitative estimate of drug-likeness (QED) is 0.613. The normalized spacial score (nSPS) is 22.3. The summed E-state index contributed by atoms with van der Waals surface area (Å²) in [4.78, 5) is 11.8. The molecule has 6 heteroatoms. The Labute approximate surface area is 183 Å². The first-order chi connectivity index (χ1) is 14.7. The number of nitrogens with one attached hydrogen (secondary N) is 1. The molecular weight excluding hydrogens is 390 g/mol. The molecule has 1 aliphatic heterocycles. The molecule has 5 nitrogen and oxygen atoms in total. The molecule has 0 bridgehead atoms. The average Bonchev–Trinajstić information content (AvgIpc) is 3.40. The summed E-state index contributed by atoms with van der Waals surface area (Å²) in [5.74, 6) is 0.932. The highest BCUT2D eigenvalue weighted by molar-refractivity contribution is 7.80. The number of nitrogens with zero attached hydrogens (tertiary/aromatic N) is 4. The van der Waals surface area contributed by atoms with E-state index in [0.29, 0.717) is 6.04 Å². The summed E-state index contributed by atoms with van der Waals surface area (Å²) in [7, 11) is 0. The number of hydrogen-bond acceptors (Lipinski definition) is 3. The molecule has 0 aromatic carbocycles. The molecule has 1 N–H and O–H groups in total. The van der Waals surface area contributed by atoms with Crippen molar-refractivity contribution in [2.24, 2.45) is 0 Å². The molecule has 1 saturated carbocycles. The van der Waals surface area contributed by atoms with Gasteiger partial charge in [0.05, 0.1) is 17.8 Å². The smallest absolute Gasteiger partial charge is 0.170 e. The summed E-state index contributed by atoms with van der Waals surface area (Å²) in [5, 5.41) is 4.44. The lowest BCUT2D eigenvalue weighted by Gasteiger charge is -2.37. The van der Waals surface area contributed by atoms with Crippen LogP contribution in [0.3, 0.4) is 0 Å². The zero-order chi connectivity index (χ0) is 20.5. The molecule has 0 spiro atoms. The van der Waals surface area contributed by atoms with Crippen molar-refractivity contribution < 1.29 is 0 Å². The van der Waals surface area contributed by atoms with Crippen molar-refractivity contribution in [1.82, 2.24) is 24.8 Å². The minimum Gasteiger partial charge on any atom is -0.352 e. The minimum atomic E-state index is 0.0136. The van der Waals surface area contributed by atoms with Crippen molar-refractivity contribution in [2.45, 2.75) is 57.2 Å². The van der Waals surface area contributed by atoms with Crippen molar-refractivity contribution >= 4 is 17.3 Å². The van der Waals surface area contributed by atoms with Crippen LogP contribution in [0.1, 0.15) is 61.1 Å². The Morgan fingerprint density at radius 2 is 1.87 bits per heavy atom. The number of thiocarbonyl (C=S) groups is 1. The van der Waals surface area contributed by atoms with Crippen LogP contribution >= 0.6 is 12.2 Å². The Bertz CT molecular complexity index is 1010. The van der Waals surface area contributed by atoms with Gasteiger partial charge in [-0.15, -0.1) is 0 Å². The highest BCUT2D eigenvalue weighted by atomic mass is 32.1. The molecule has 2 aliphatic rings. The van der Waals surface area contributed by atoms with Gasteiger partial charge in [0.25, 0.3) is 0 Å². The van der Waals surface area contributed by atoms with E-state index >= 15 is 0 Å². The van der Waals surface area contributed by atoms with Gasteiger partial charge in [-0.05, 0) is 67.9 Å². The second-order valence-corrected chi connectivity index (χ2v) is 8.71. The van der Waals surface area contributed by atoms with E-state index in [-0.39, 0.29) is 12.1 Å². The van der Waals surface area contributed by atoms with Gasteiger partial charge in [-0.25, -0.2) is 4.98 Å². The van der Waals surface area contributed by atoms with Gasteiger partial charge in [-0.2, -0.15) is 0 Å². The molecule has 3 aromatic rings. The highest BCUT2D eigenvalue weighted by Gasteiger charge is 2.44. The molecule has 2 atom stereocenters. The van der Waals surface area contributed by atoms with Gasteiger partial charge >= 0.3 is 0 Å². The third-order valence-corrected chi connectivity index (χ3v) is 6.66. The van der Waals surface area contributed by atoms with Crippen molar-refractivity contribution in [3.8, 4) is 5.82 Å². The lowest BCUT2D eigenvalue weighted by Crippen LogP contribution is -2.40. The summed E-state index contributed by atoms with van der Waals surface area (Å²) >= 11 is 5.89. The average molecular weight is 418 g/mol. The van der Waals surface area contributed by atoms with E-state index in [4.69, 9.17) is 12.2 Å². The molecule has 1 aliphatic carbocycles. The van der Waals surface area contributed by atoms with Gasteiger partial charge in [-0.1, -0.05) is 31.4 Å². The van der Waals surface area contributed by atoms with Gasteiger partial charge in [0.1, 0.15) is 5.82 Å². The number of hydrogen-bond donors (Lipinski definition) is 1. The Morgan fingerprint density at radius 1 is 1.00 bits per heavy atom. The molecule has 154 valence electrons. The molecule has 4 heterocycles. The van der Waals surface area contributed by atoms with Crippen LogP contribution in [0.2, 0.25) is 0 Å². The molecule has 0 amide bonds. The Balaban J connectivity index is 1.60.